The van der Waals surface area contributed by atoms with E-state index in [1.165, 1.54) is 30.4 Å². The molecule has 0 fully saturated rings. The molecule has 11 nitrogen and oxygen atoms in total. The van der Waals surface area contributed by atoms with Crippen molar-refractivity contribution in [1.82, 2.24) is 10.2 Å². The lowest BCUT2D eigenvalue weighted by molar-refractivity contribution is -0.384. The molecule has 34 heavy (non-hydrogen) atoms. The van der Waals surface area contributed by atoms with Gasteiger partial charge in [-0.25, -0.2) is 0 Å². The average molecular weight is 468 g/mol. The first kappa shape index (κ1) is 24.2. The minimum atomic E-state index is -0.543. The summed E-state index contributed by atoms with van der Waals surface area (Å²) in [6.45, 7) is 6.82. The molecule has 0 aliphatic rings. The summed E-state index contributed by atoms with van der Waals surface area (Å²) >= 11 is 0. The Morgan fingerprint density at radius 2 is 1.74 bits per heavy atom. The van der Waals surface area contributed by atoms with Crippen molar-refractivity contribution in [2.45, 2.75) is 20.8 Å². The molecular weight excluding hydrogens is 444 g/mol. The summed E-state index contributed by atoms with van der Waals surface area (Å²) in [7, 11) is 0. The maximum Gasteiger partial charge on any atom is 0.322 e. The van der Waals surface area contributed by atoms with Crippen LogP contribution in [-0.4, -0.2) is 40.8 Å². The summed E-state index contributed by atoms with van der Waals surface area (Å²) in [4.78, 5) is 22.6. The van der Waals surface area contributed by atoms with Crippen LogP contribution >= 0.6 is 0 Å². The highest BCUT2D eigenvalue weighted by Crippen LogP contribution is 2.41. The number of rotatable bonds is 11. The number of hydrogen-bond acceptors (Lipinski definition) is 9. The molecule has 2 aromatic carbocycles. The van der Waals surface area contributed by atoms with Gasteiger partial charge in [-0.1, -0.05) is 17.2 Å². The zero-order chi connectivity index (χ0) is 24.5. The third-order valence-corrected chi connectivity index (χ3v) is 4.32. The monoisotopic (exact) mass is 468 g/mol. The minimum Gasteiger partial charge on any atom is -0.490 e. The summed E-state index contributed by atoms with van der Waals surface area (Å²) < 4.78 is 22.6. The van der Waals surface area contributed by atoms with Crippen molar-refractivity contribution in [1.29, 1.82) is 0 Å². The van der Waals surface area contributed by atoms with Crippen LogP contribution in [-0.2, 0) is 4.79 Å². The van der Waals surface area contributed by atoms with E-state index in [0.29, 0.717) is 48.2 Å². The molecule has 0 unspecified atom stereocenters. The number of nitro groups is 1. The second-order valence-corrected chi connectivity index (χ2v) is 6.69. The van der Waals surface area contributed by atoms with Gasteiger partial charge in [0, 0.05) is 23.8 Å². The van der Waals surface area contributed by atoms with E-state index in [4.69, 9.17) is 18.6 Å². The van der Waals surface area contributed by atoms with Crippen LogP contribution in [0.5, 0.6) is 17.2 Å². The first-order chi connectivity index (χ1) is 16.4. The van der Waals surface area contributed by atoms with Gasteiger partial charge < -0.3 is 18.6 Å². The van der Waals surface area contributed by atoms with Crippen molar-refractivity contribution in [3.63, 3.8) is 0 Å². The highest BCUT2D eigenvalue weighted by molar-refractivity contribution is 6.00. The van der Waals surface area contributed by atoms with E-state index in [2.05, 4.69) is 15.5 Å². The Hall–Kier alpha value is -4.41. The highest BCUT2D eigenvalue weighted by Gasteiger charge is 2.19. The van der Waals surface area contributed by atoms with Gasteiger partial charge in [0.25, 0.3) is 11.6 Å². The van der Waals surface area contributed by atoms with E-state index in [1.807, 2.05) is 20.8 Å². The Kier molecular flexibility index (Phi) is 8.16. The molecule has 0 saturated heterocycles. The van der Waals surface area contributed by atoms with Crippen molar-refractivity contribution in [2.24, 2.45) is 0 Å². The number of ether oxygens (including phenoxy) is 3. The van der Waals surface area contributed by atoms with E-state index in [-0.39, 0.29) is 17.6 Å². The van der Waals surface area contributed by atoms with Crippen LogP contribution in [0.15, 0.2) is 46.9 Å². The zero-order valence-electron chi connectivity index (χ0n) is 18.9. The van der Waals surface area contributed by atoms with Gasteiger partial charge in [0.2, 0.25) is 11.6 Å². The summed E-state index contributed by atoms with van der Waals surface area (Å²) in [6.07, 6.45) is 2.65. The second-order valence-electron chi connectivity index (χ2n) is 6.69. The number of carbonyl (C=O) groups is 1. The van der Waals surface area contributed by atoms with Crippen LogP contribution < -0.4 is 19.5 Å². The fourth-order valence-electron chi connectivity index (χ4n) is 2.96. The standard InChI is InChI=1S/C23H24N4O7/c1-4-31-18-13-16(14-19(32-5-2)21(18)33-6-3)22-25-26-23(34-22)24-20(28)11-10-15-8-7-9-17(12-15)27(29)30/h7-14H,4-6H2,1-3H3,(H,24,26,28)/b11-10+. The Bertz CT molecular complexity index is 1160. The van der Waals surface area contributed by atoms with Crippen molar-refractivity contribution in [2.75, 3.05) is 25.1 Å². The third-order valence-electron chi connectivity index (χ3n) is 4.32. The largest absolute Gasteiger partial charge is 0.490 e. The number of anilines is 1. The van der Waals surface area contributed by atoms with Gasteiger partial charge in [-0.05, 0) is 44.5 Å². The number of nitro benzene ring substituents is 1. The molecule has 0 aliphatic heterocycles. The van der Waals surface area contributed by atoms with Crippen LogP contribution in [0, 0.1) is 10.1 Å². The Morgan fingerprint density at radius 3 is 2.35 bits per heavy atom. The average Bonchev–Trinajstić information content (AvgIpc) is 3.28. The maximum absolute atomic E-state index is 12.2. The van der Waals surface area contributed by atoms with Crippen molar-refractivity contribution in [3.05, 3.63) is 58.2 Å². The number of hydrogen-bond donors (Lipinski definition) is 1. The molecule has 3 rings (SSSR count). The van der Waals surface area contributed by atoms with Crippen molar-refractivity contribution in [3.8, 4) is 28.7 Å². The fourth-order valence-corrected chi connectivity index (χ4v) is 2.96. The molecule has 0 aliphatic carbocycles. The van der Waals surface area contributed by atoms with Crippen molar-refractivity contribution < 1.29 is 28.3 Å². The van der Waals surface area contributed by atoms with Gasteiger partial charge in [0.1, 0.15) is 0 Å². The first-order valence-electron chi connectivity index (χ1n) is 10.6. The normalized spacial score (nSPS) is 10.8. The summed E-state index contributed by atoms with van der Waals surface area (Å²) in [5.41, 5.74) is 0.949. The van der Waals surface area contributed by atoms with Crippen LogP contribution in [0.1, 0.15) is 26.3 Å². The Labute approximate surface area is 195 Å². The van der Waals surface area contributed by atoms with E-state index in [1.54, 1.807) is 18.2 Å². The molecule has 0 atom stereocenters. The number of nitrogens with zero attached hydrogens (tertiary/aromatic N) is 3. The number of benzene rings is 2. The number of nitrogens with one attached hydrogen (secondary N) is 1. The third kappa shape index (κ3) is 6.09. The van der Waals surface area contributed by atoms with Gasteiger partial charge >= 0.3 is 6.01 Å². The predicted molar refractivity (Wildman–Crippen MR) is 124 cm³/mol. The number of amides is 1. The fraction of sp³-hybridized carbons (Fsp3) is 0.261. The highest BCUT2D eigenvalue weighted by atomic mass is 16.6. The number of carbonyl (C=O) groups excluding carboxylic acids is 1. The smallest absolute Gasteiger partial charge is 0.322 e. The molecule has 0 saturated carbocycles. The molecule has 0 bridgehead atoms. The topological polar surface area (TPSA) is 139 Å². The van der Waals surface area contributed by atoms with Crippen molar-refractivity contribution >= 4 is 23.7 Å². The lowest BCUT2D eigenvalue weighted by Crippen LogP contribution is -2.07. The van der Waals surface area contributed by atoms with Gasteiger partial charge in [0.15, 0.2) is 11.5 Å². The molecule has 0 spiro atoms. The van der Waals surface area contributed by atoms with Gasteiger partial charge in [-0.2, -0.15) is 0 Å². The molecule has 0 radical (unpaired) electrons. The predicted octanol–water partition coefficient (Wildman–Crippen LogP) is 4.49. The van der Waals surface area contributed by atoms with Crippen LogP contribution in [0.2, 0.25) is 0 Å². The molecule has 178 valence electrons. The molecule has 1 aromatic heterocycles. The Balaban J connectivity index is 1.78. The second kappa shape index (κ2) is 11.5. The van der Waals surface area contributed by atoms with Gasteiger partial charge in [-0.3, -0.25) is 20.2 Å². The van der Waals surface area contributed by atoms with E-state index < -0.39 is 10.8 Å². The lowest BCUT2D eigenvalue weighted by Gasteiger charge is -2.16. The SMILES string of the molecule is CCOc1cc(-c2nnc(NC(=O)/C=C/c3cccc([N+](=O)[O-])c3)o2)cc(OCC)c1OCC. The Morgan fingerprint density at radius 1 is 1.06 bits per heavy atom. The number of aromatic nitrogens is 2. The molecule has 1 amide bonds. The van der Waals surface area contributed by atoms with Gasteiger partial charge in [-0.15, -0.1) is 5.10 Å². The quantitative estimate of drug-likeness (QED) is 0.245. The van der Waals surface area contributed by atoms with E-state index in [9.17, 15) is 14.9 Å². The number of non-ortho nitro benzene ring substituents is 1. The minimum absolute atomic E-state index is 0.0719. The van der Waals surface area contributed by atoms with E-state index >= 15 is 0 Å². The molecule has 1 N–H and O–H groups in total. The zero-order valence-corrected chi connectivity index (χ0v) is 18.9. The summed E-state index contributed by atoms with van der Waals surface area (Å²) in [5, 5.41) is 21.2. The van der Waals surface area contributed by atoms with E-state index in [0.717, 1.165) is 0 Å². The molecule has 3 aromatic rings. The van der Waals surface area contributed by atoms with Gasteiger partial charge in [0.05, 0.1) is 24.7 Å². The lowest BCUT2D eigenvalue weighted by atomic mass is 10.2. The first-order valence-corrected chi connectivity index (χ1v) is 10.6. The summed E-state index contributed by atoms with van der Waals surface area (Å²) in [5.74, 6) is 1.01. The van der Waals surface area contributed by atoms with Crippen LogP contribution in [0.25, 0.3) is 17.5 Å². The molecule has 1 heterocycles. The maximum atomic E-state index is 12.2. The van der Waals surface area contributed by atoms with Crippen LogP contribution in [0.4, 0.5) is 11.7 Å². The summed E-state index contributed by atoms with van der Waals surface area (Å²) in [6, 6.07) is 9.16. The van der Waals surface area contributed by atoms with Crippen LogP contribution in [0.3, 0.4) is 0 Å². The molecular formula is C23H24N4O7. The molecule has 11 heteroatoms.